The molecule has 0 spiro atoms. The second-order valence-corrected chi connectivity index (χ2v) is 7.79. The summed E-state index contributed by atoms with van der Waals surface area (Å²) in [5.74, 6) is -4.96. The Labute approximate surface area is 192 Å². The molecule has 0 unspecified atom stereocenters. The monoisotopic (exact) mass is 473 g/mol. The summed E-state index contributed by atoms with van der Waals surface area (Å²) in [5, 5.41) is 2.56. The fourth-order valence-corrected chi connectivity index (χ4v) is 3.75. The molecule has 0 saturated carbocycles. The van der Waals surface area contributed by atoms with Crippen LogP contribution in [0.3, 0.4) is 0 Å². The number of amides is 2. The molecule has 176 valence electrons. The van der Waals surface area contributed by atoms with Crippen molar-refractivity contribution >= 4 is 12.0 Å². The number of nitrogens with one attached hydrogen (secondary N) is 1. The highest BCUT2D eigenvalue weighted by Crippen LogP contribution is 2.31. The van der Waals surface area contributed by atoms with Crippen LogP contribution in [0.15, 0.2) is 54.7 Å². The Hall–Kier alpha value is -3.95. The highest BCUT2D eigenvalue weighted by Gasteiger charge is 2.37. The third-order valence-electron chi connectivity index (χ3n) is 5.47. The third kappa shape index (κ3) is 4.70. The highest BCUT2D eigenvalue weighted by molar-refractivity contribution is 5.87. The van der Waals surface area contributed by atoms with Crippen molar-refractivity contribution in [3.63, 3.8) is 0 Å². The van der Waals surface area contributed by atoms with Crippen LogP contribution in [0.2, 0.25) is 0 Å². The number of nitrogens with zero attached hydrogens (tertiary/aromatic N) is 2. The van der Waals surface area contributed by atoms with Crippen molar-refractivity contribution in [1.29, 1.82) is 0 Å². The lowest BCUT2D eigenvalue weighted by Gasteiger charge is -2.34. The molecule has 6 nitrogen and oxygen atoms in total. The van der Waals surface area contributed by atoms with Crippen molar-refractivity contribution in [2.24, 2.45) is 0 Å². The van der Waals surface area contributed by atoms with E-state index in [1.165, 1.54) is 6.92 Å². The van der Waals surface area contributed by atoms with Gasteiger partial charge in [0.1, 0.15) is 23.4 Å². The van der Waals surface area contributed by atoms with E-state index < -0.39 is 53.9 Å². The first kappa shape index (κ1) is 23.2. The molecule has 2 amide bonds. The second-order valence-electron chi connectivity index (χ2n) is 7.79. The molecule has 1 aliphatic heterocycles. The Balaban J connectivity index is 1.64. The Bertz CT molecular complexity index is 1240. The van der Waals surface area contributed by atoms with Crippen molar-refractivity contribution in [3.8, 4) is 5.75 Å². The van der Waals surface area contributed by atoms with Crippen LogP contribution in [0.5, 0.6) is 5.75 Å². The summed E-state index contributed by atoms with van der Waals surface area (Å²) in [6.07, 6.45) is -0.0906. The van der Waals surface area contributed by atoms with E-state index in [0.717, 1.165) is 23.2 Å². The van der Waals surface area contributed by atoms with Gasteiger partial charge in [-0.25, -0.2) is 22.4 Å². The van der Waals surface area contributed by atoms with Gasteiger partial charge in [0.25, 0.3) is 0 Å². The Morgan fingerprint density at radius 3 is 2.56 bits per heavy atom. The minimum atomic E-state index is -1.21. The van der Waals surface area contributed by atoms with E-state index in [2.05, 4.69) is 10.3 Å². The van der Waals surface area contributed by atoms with E-state index in [1.807, 2.05) is 0 Å². The van der Waals surface area contributed by atoms with Crippen molar-refractivity contribution in [1.82, 2.24) is 15.2 Å². The average molecular weight is 473 g/mol. The molecule has 2 aromatic carbocycles. The third-order valence-corrected chi connectivity index (χ3v) is 5.47. The Morgan fingerprint density at radius 1 is 1.12 bits per heavy atom. The number of pyridine rings is 1. The van der Waals surface area contributed by atoms with Gasteiger partial charge in [-0.3, -0.25) is 14.7 Å². The summed E-state index contributed by atoms with van der Waals surface area (Å²) in [6, 6.07) is 9.15. The number of fused-ring (bicyclic) bond motifs is 1. The average Bonchev–Trinajstić information content (AvgIpc) is 2.80. The van der Waals surface area contributed by atoms with Crippen molar-refractivity contribution in [2.45, 2.75) is 32.0 Å². The molecule has 34 heavy (non-hydrogen) atoms. The first-order chi connectivity index (χ1) is 16.2. The first-order valence-corrected chi connectivity index (χ1v) is 10.3. The lowest BCUT2D eigenvalue weighted by Crippen LogP contribution is -2.53. The number of carbonyl (C=O) groups is 2. The smallest absolute Gasteiger partial charge is 0.410 e. The number of aromatic nitrogens is 1. The van der Waals surface area contributed by atoms with Gasteiger partial charge in [0.2, 0.25) is 5.91 Å². The molecular weight excluding hydrogens is 454 g/mol. The van der Waals surface area contributed by atoms with Crippen LogP contribution in [-0.4, -0.2) is 27.9 Å². The van der Waals surface area contributed by atoms with Crippen LogP contribution >= 0.6 is 0 Å². The van der Waals surface area contributed by atoms with E-state index in [9.17, 15) is 27.2 Å². The van der Waals surface area contributed by atoms with E-state index in [0.29, 0.717) is 11.6 Å². The minimum absolute atomic E-state index is 0.0140. The van der Waals surface area contributed by atoms with E-state index in [-0.39, 0.29) is 23.4 Å². The molecule has 0 fully saturated rings. The van der Waals surface area contributed by atoms with Gasteiger partial charge in [-0.2, -0.15) is 0 Å². The largest absolute Gasteiger partial charge is 0.416 e. The summed E-state index contributed by atoms with van der Waals surface area (Å²) in [5.41, 5.74) is 0.275. The molecule has 0 bridgehead atoms. The van der Waals surface area contributed by atoms with Gasteiger partial charge in [0.15, 0.2) is 11.6 Å². The van der Waals surface area contributed by atoms with Crippen LogP contribution in [-0.2, 0) is 17.8 Å². The Morgan fingerprint density at radius 2 is 1.85 bits per heavy atom. The number of ether oxygens (including phenoxy) is 1. The van der Waals surface area contributed by atoms with E-state index in [1.54, 1.807) is 30.3 Å². The summed E-state index contributed by atoms with van der Waals surface area (Å²) >= 11 is 0. The predicted octanol–water partition coefficient (Wildman–Crippen LogP) is 4.44. The lowest BCUT2D eigenvalue weighted by molar-refractivity contribution is -0.126. The number of hydrogen-bond acceptors (Lipinski definition) is 4. The topological polar surface area (TPSA) is 71.5 Å². The second kappa shape index (κ2) is 9.50. The molecule has 3 aromatic rings. The van der Waals surface area contributed by atoms with Crippen LogP contribution in [0.1, 0.15) is 29.8 Å². The zero-order valence-electron chi connectivity index (χ0n) is 17.9. The van der Waals surface area contributed by atoms with Crippen molar-refractivity contribution in [3.05, 3.63) is 94.8 Å². The zero-order chi connectivity index (χ0) is 24.4. The molecule has 1 aromatic heterocycles. The van der Waals surface area contributed by atoms with Crippen LogP contribution in [0.25, 0.3) is 0 Å². The van der Waals surface area contributed by atoms with Crippen LogP contribution in [0.4, 0.5) is 22.4 Å². The van der Waals surface area contributed by atoms with Crippen LogP contribution < -0.4 is 10.1 Å². The summed E-state index contributed by atoms with van der Waals surface area (Å²) in [4.78, 5) is 30.7. The maximum Gasteiger partial charge on any atom is 0.416 e. The van der Waals surface area contributed by atoms with E-state index in [4.69, 9.17) is 4.74 Å². The highest BCUT2D eigenvalue weighted by atomic mass is 19.2. The maximum absolute atomic E-state index is 14.4. The fourth-order valence-electron chi connectivity index (χ4n) is 3.75. The molecule has 0 radical (unpaired) electrons. The normalized spacial score (nSPS) is 14.7. The molecule has 0 aliphatic carbocycles. The van der Waals surface area contributed by atoms with Gasteiger partial charge in [-0.15, -0.1) is 0 Å². The fraction of sp³-hybridized carbons (Fsp3) is 0.208. The quantitative estimate of drug-likeness (QED) is 0.538. The van der Waals surface area contributed by atoms with Gasteiger partial charge in [0.05, 0.1) is 30.0 Å². The van der Waals surface area contributed by atoms with Crippen molar-refractivity contribution < 1.29 is 31.9 Å². The number of rotatable bonds is 6. The number of hydrogen-bond donors (Lipinski definition) is 1. The molecule has 1 aliphatic rings. The predicted molar refractivity (Wildman–Crippen MR) is 113 cm³/mol. The molecule has 2 atom stereocenters. The molecule has 4 rings (SSSR count). The number of halogens is 4. The lowest BCUT2D eigenvalue weighted by atomic mass is 10.0. The summed E-state index contributed by atoms with van der Waals surface area (Å²) in [7, 11) is 0. The van der Waals surface area contributed by atoms with Gasteiger partial charge in [-0.05, 0) is 24.6 Å². The van der Waals surface area contributed by atoms with Gasteiger partial charge < -0.3 is 10.1 Å². The molecule has 10 heteroatoms. The van der Waals surface area contributed by atoms with Gasteiger partial charge in [0, 0.05) is 12.5 Å². The molecule has 1 N–H and O–H groups in total. The molecular formula is C24H19F4N3O3. The van der Waals surface area contributed by atoms with Gasteiger partial charge >= 0.3 is 6.09 Å². The van der Waals surface area contributed by atoms with E-state index >= 15 is 0 Å². The number of benzene rings is 2. The van der Waals surface area contributed by atoms with Crippen molar-refractivity contribution in [2.75, 3.05) is 0 Å². The summed E-state index contributed by atoms with van der Waals surface area (Å²) in [6.45, 7) is 1.03. The van der Waals surface area contributed by atoms with Crippen LogP contribution in [0, 0.1) is 23.3 Å². The standard InChI is InChI=1S/C24H19F4N3O3/c1-13(22-18(27)10-15(25)11-29-22)30-23(32)19(9-14-5-3-2-4-6-14)31-12-16-20(34-24(31)33)8-7-17(26)21(16)28/h2-8,10-11,13,19H,9,12H2,1H3,(H,30,32)/t13-,19-/m1/s1. The minimum Gasteiger partial charge on any atom is -0.410 e. The molecule has 2 heterocycles. The summed E-state index contributed by atoms with van der Waals surface area (Å²) < 4.78 is 60.7. The molecule has 0 saturated heterocycles. The number of carbonyl (C=O) groups excluding carboxylic acids is 2. The maximum atomic E-state index is 14.4. The zero-order valence-corrected chi connectivity index (χ0v) is 17.9. The van der Waals surface area contributed by atoms with Gasteiger partial charge in [-0.1, -0.05) is 30.3 Å². The SMILES string of the molecule is C[C@@H](NC(=O)[C@@H](Cc1ccccc1)N1Cc2c(ccc(F)c2F)OC1=O)c1ncc(F)cc1F. The first-order valence-electron chi connectivity index (χ1n) is 10.3. The Kier molecular flexibility index (Phi) is 6.49.